The Morgan fingerprint density at radius 3 is 2.73 bits per heavy atom. The molecular formula is C11H10Br2N2. The molecule has 1 saturated carbocycles. The molecule has 0 saturated heterocycles. The molecule has 0 aromatic carbocycles. The van der Waals surface area contributed by atoms with E-state index >= 15 is 0 Å². The highest BCUT2D eigenvalue weighted by molar-refractivity contribution is 9.10. The van der Waals surface area contributed by atoms with Crippen molar-refractivity contribution >= 4 is 37.4 Å². The smallest absolute Gasteiger partial charge is 0.132 e. The van der Waals surface area contributed by atoms with Crippen LogP contribution >= 0.6 is 31.9 Å². The van der Waals surface area contributed by atoms with Crippen molar-refractivity contribution in [3.63, 3.8) is 0 Å². The van der Waals surface area contributed by atoms with E-state index in [9.17, 15) is 0 Å². The minimum atomic E-state index is 0.651. The molecule has 2 heterocycles. The fourth-order valence-electron chi connectivity index (χ4n) is 2.00. The van der Waals surface area contributed by atoms with Gasteiger partial charge in [0.25, 0.3) is 0 Å². The Bertz CT molecular complexity index is 515. The van der Waals surface area contributed by atoms with Crippen LogP contribution in [-0.4, -0.2) is 9.38 Å². The molecule has 0 bridgehead atoms. The monoisotopic (exact) mass is 328 g/mol. The zero-order valence-corrected chi connectivity index (χ0v) is 11.3. The Balaban J connectivity index is 2.24. The first kappa shape index (κ1) is 9.85. The number of nitrogens with zero attached hydrogens (tertiary/aromatic N) is 2. The second-order valence-corrected chi connectivity index (χ2v) is 5.66. The lowest BCUT2D eigenvalue weighted by atomic mass is 9.85. The predicted octanol–water partition coefficient (Wildman–Crippen LogP) is 4.13. The van der Waals surface area contributed by atoms with E-state index in [2.05, 4.69) is 53.5 Å². The van der Waals surface area contributed by atoms with Gasteiger partial charge in [0.2, 0.25) is 0 Å². The van der Waals surface area contributed by atoms with Crippen molar-refractivity contribution in [3.05, 3.63) is 33.2 Å². The van der Waals surface area contributed by atoms with E-state index in [1.54, 1.807) is 0 Å². The molecule has 1 aliphatic carbocycles. The minimum Gasteiger partial charge on any atom is -0.301 e. The highest BCUT2D eigenvalue weighted by Gasteiger charge is 2.24. The molecule has 0 radical (unpaired) electrons. The zero-order valence-electron chi connectivity index (χ0n) is 8.08. The Morgan fingerprint density at radius 1 is 1.27 bits per heavy atom. The third-order valence-corrected chi connectivity index (χ3v) is 4.11. The summed E-state index contributed by atoms with van der Waals surface area (Å²) in [6.45, 7) is 0. The lowest BCUT2D eigenvalue weighted by molar-refractivity contribution is 0.400. The first-order chi connectivity index (χ1) is 7.25. The van der Waals surface area contributed by atoms with Crippen LogP contribution in [0.5, 0.6) is 0 Å². The number of rotatable bonds is 1. The van der Waals surface area contributed by atoms with Crippen molar-refractivity contribution in [2.75, 3.05) is 0 Å². The minimum absolute atomic E-state index is 0.651. The molecule has 2 aromatic heterocycles. The predicted molar refractivity (Wildman–Crippen MR) is 67.2 cm³/mol. The highest BCUT2D eigenvalue weighted by Crippen LogP contribution is 2.37. The van der Waals surface area contributed by atoms with Crippen LogP contribution in [0, 0.1) is 0 Å². The summed E-state index contributed by atoms with van der Waals surface area (Å²) in [5, 5.41) is 0. The summed E-state index contributed by atoms with van der Waals surface area (Å²) in [6, 6.07) is 4.13. The van der Waals surface area contributed by atoms with Crippen molar-refractivity contribution in [1.82, 2.24) is 9.38 Å². The average molecular weight is 330 g/mol. The van der Waals surface area contributed by atoms with Gasteiger partial charge in [-0.15, -0.1) is 0 Å². The molecule has 0 spiro atoms. The number of halogens is 2. The summed E-state index contributed by atoms with van der Waals surface area (Å²) in [5.74, 6) is 1.85. The Hall–Kier alpha value is -0.350. The van der Waals surface area contributed by atoms with Crippen molar-refractivity contribution < 1.29 is 0 Å². The third kappa shape index (κ3) is 1.54. The van der Waals surface area contributed by atoms with Gasteiger partial charge in [-0.1, -0.05) is 6.42 Å². The standard InChI is InChI=1S/C11H10Br2N2/c12-8-4-5-9-10(13)14-11(15(9)6-8)7-2-1-3-7/h4-7H,1-3H2. The normalized spacial score (nSPS) is 16.9. The van der Waals surface area contributed by atoms with E-state index < -0.39 is 0 Å². The number of aromatic nitrogens is 2. The van der Waals surface area contributed by atoms with Gasteiger partial charge in [0.15, 0.2) is 0 Å². The van der Waals surface area contributed by atoms with Gasteiger partial charge >= 0.3 is 0 Å². The first-order valence-electron chi connectivity index (χ1n) is 5.09. The van der Waals surface area contributed by atoms with E-state index in [4.69, 9.17) is 0 Å². The van der Waals surface area contributed by atoms with E-state index in [-0.39, 0.29) is 0 Å². The number of fused-ring (bicyclic) bond motifs is 1. The van der Waals surface area contributed by atoms with Crippen LogP contribution in [0.3, 0.4) is 0 Å². The third-order valence-electron chi connectivity index (χ3n) is 3.05. The molecule has 0 N–H and O–H groups in total. The lowest BCUT2D eigenvalue weighted by Gasteiger charge is -2.23. The van der Waals surface area contributed by atoms with Gasteiger partial charge in [-0.05, 0) is 56.8 Å². The van der Waals surface area contributed by atoms with Crippen LogP contribution in [0.25, 0.3) is 5.52 Å². The highest BCUT2D eigenvalue weighted by atomic mass is 79.9. The van der Waals surface area contributed by atoms with Crippen LogP contribution in [0.15, 0.2) is 27.4 Å². The van der Waals surface area contributed by atoms with Gasteiger partial charge in [0.05, 0.1) is 5.52 Å². The molecule has 0 aliphatic heterocycles. The summed E-state index contributed by atoms with van der Waals surface area (Å²) in [6.07, 6.45) is 5.99. The van der Waals surface area contributed by atoms with E-state index in [1.165, 1.54) is 25.1 Å². The Labute approximate surface area is 105 Å². The molecule has 2 aromatic rings. The molecule has 78 valence electrons. The summed E-state index contributed by atoms with van der Waals surface area (Å²) in [4.78, 5) is 4.61. The second kappa shape index (κ2) is 3.59. The Morgan fingerprint density at radius 2 is 2.07 bits per heavy atom. The van der Waals surface area contributed by atoms with Crippen LogP contribution in [0.2, 0.25) is 0 Å². The van der Waals surface area contributed by atoms with Gasteiger partial charge in [-0.2, -0.15) is 0 Å². The van der Waals surface area contributed by atoms with Gasteiger partial charge in [-0.3, -0.25) is 0 Å². The summed E-state index contributed by atoms with van der Waals surface area (Å²) in [5.41, 5.74) is 1.15. The van der Waals surface area contributed by atoms with Gasteiger partial charge in [0.1, 0.15) is 10.4 Å². The molecule has 0 amide bonds. The van der Waals surface area contributed by atoms with Crippen LogP contribution in [0.4, 0.5) is 0 Å². The maximum Gasteiger partial charge on any atom is 0.132 e. The van der Waals surface area contributed by atoms with Crippen molar-refractivity contribution in [2.24, 2.45) is 0 Å². The molecule has 0 atom stereocenters. The molecule has 1 aliphatic rings. The van der Waals surface area contributed by atoms with E-state index in [0.717, 1.165) is 14.6 Å². The molecule has 3 rings (SSSR count). The van der Waals surface area contributed by atoms with Crippen molar-refractivity contribution in [1.29, 1.82) is 0 Å². The zero-order chi connectivity index (χ0) is 10.4. The van der Waals surface area contributed by atoms with Gasteiger partial charge in [0, 0.05) is 16.6 Å². The molecule has 4 heteroatoms. The second-order valence-electron chi connectivity index (χ2n) is 3.99. The molecule has 2 nitrogen and oxygen atoms in total. The fraction of sp³-hybridized carbons (Fsp3) is 0.364. The average Bonchev–Trinajstić information content (AvgIpc) is 2.41. The molecule has 1 fully saturated rings. The SMILES string of the molecule is Brc1ccc2c(Br)nc(C3CCC3)n2c1. The quantitative estimate of drug-likeness (QED) is 0.769. The number of imidazole rings is 1. The maximum absolute atomic E-state index is 4.61. The van der Waals surface area contributed by atoms with Crippen LogP contribution < -0.4 is 0 Å². The van der Waals surface area contributed by atoms with Crippen LogP contribution in [-0.2, 0) is 0 Å². The lowest BCUT2D eigenvalue weighted by Crippen LogP contribution is -2.12. The maximum atomic E-state index is 4.61. The Kier molecular flexibility index (Phi) is 2.36. The topological polar surface area (TPSA) is 17.3 Å². The number of pyridine rings is 1. The van der Waals surface area contributed by atoms with Crippen molar-refractivity contribution in [3.8, 4) is 0 Å². The van der Waals surface area contributed by atoms with Gasteiger partial charge in [-0.25, -0.2) is 4.98 Å². The summed E-state index contributed by atoms with van der Waals surface area (Å²) < 4.78 is 4.25. The van der Waals surface area contributed by atoms with Crippen LogP contribution in [0.1, 0.15) is 31.0 Å². The fourth-order valence-corrected chi connectivity index (χ4v) is 2.84. The molecule has 15 heavy (non-hydrogen) atoms. The number of hydrogen-bond acceptors (Lipinski definition) is 1. The summed E-state index contributed by atoms with van der Waals surface area (Å²) in [7, 11) is 0. The first-order valence-corrected chi connectivity index (χ1v) is 6.67. The van der Waals surface area contributed by atoms with Crippen molar-refractivity contribution in [2.45, 2.75) is 25.2 Å². The molecular weight excluding hydrogens is 320 g/mol. The van der Waals surface area contributed by atoms with Gasteiger partial charge < -0.3 is 4.40 Å². The molecule has 0 unspecified atom stereocenters. The van der Waals surface area contributed by atoms with E-state index in [0.29, 0.717) is 5.92 Å². The largest absolute Gasteiger partial charge is 0.301 e. The summed E-state index contributed by atoms with van der Waals surface area (Å²) >= 11 is 7.02. The number of hydrogen-bond donors (Lipinski definition) is 0. The van der Waals surface area contributed by atoms with E-state index in [1.807, 2.05) is 6.07 Å².